The summed E-state index contributed by atoms with van der Waals surface area (Å²) in [7, 11) is 0. The normalized spacial score (nSPS) is 11.6. The van der Waals surface area contributed by atoms with Gasteiger partial charge in [-0.15, -0.1) is 0 Å². The minimum atomic E-state index is -4.85. The quantitative estimate of drug-likeness (QED) is 0.179. The highest BCUT2D eigenvalue weighted by molar-refractivity contribution is 6.03. The Bertz CT molecular complexity index is 1510. The number of carboxylic acids is 2. The maximum Gasteiger partial charge on any atom is 0.419 e. The number of H-pyrrole nitrogens is 1. The van der Waals surface area contributed by atoms with Gasteiger partial charge in [0.2, 0.25) is 0 Å². The van der Waals surface area contributed by atoms with Crippen LogP contribution in [0.1, 0.15) is 44.0 Å². The summed E-state index contributed by atoms with van der Waals surface area (Å²) < 4.78 is 58.2. The Morgan fingerprint density at radius 3 is 2.35 bits per heavy atom. The van der Waals surface area contributed by atoms with E-state index >= 15 is 0 Å². The average Bonchev–Trinajstić information content (AvgIpc) is 3.21. The maximum absolute atomic E-state index is 14.2. The molecule has 0 fully saturated rings. The molecule has 0 atom stereocenters. The van der Waals surface area contributed by atoms with E-state index in [0.29, 0.717) is 33.7 Å². The number of alkyl halides is 3. The number of para-hydroxylation sites is 1. The van der Waals surface area contributed by atoms with Crippen molar-refractivity contribution in [3.63, 3.8) is 0 Å². The summed E-state index contributed by atoms with van der Waals surface area (Å²) in [6.45, 7) is 1.62. The second kappa shape index (κ2) is 9.96. The molecule has 3 aromatic carbocycles. The van der Waals surface area contributed by atoms with Crippen LogP contribution in [0.2, 0.25) is 0 Å². The number of aromatic nitrogens is 1. The topological polar surface area (TPSA) is 99.6 Å². The number of ether oxygens (including phenoxy) is 1. The van der Waals surface area contributed by atoms with Gasteiger partial charge in [-0.1, -0.05) is 30.3 Å². The van der Waals surface area contributed by atoms with Crippen LogP contribution in [0.15, 0.2) is 54.6 Å². The Kier molecular flexibility index (Phi) is 6.93. The van der Waals surface area contributed by atoms with E-state index in [9.17, 15) is 37.4 Å². The van der Waals surface area contributed by atoms with E-state index in [0.717, 1.165) is 17.7 Å². The molecule has 4 rings (SSSR count). The van der Waals surface area contributed by atoms with E-state index < -0.39 is 35.2 Å². The third-order valence-corrected chi connectivity index (χ3v) is 6.02. The number of carbonyl (C=O) groups is 2. The first-order valence-electron chi connectivity index (χ1n) is 11.2. The molecule has 0 saturated heterocycles. The van der Waals surface area contributed by atoms with Gasteiger partial charge in [-0.05, 0) is 60.7 Å². The van der Waals surface area contributed by atoms with Crippen LogP contribution in [0.25, 0.3) is 22.0 Å². The summed E-state index contributed by atoms with van der Waals surface area (Å²) in [5.41, 5.74) is 1.78. The molecule has 0 saturated carbocycles. The largest absolute Gasteiger partial charge is 0.490 e. The molecule has 192 valence electrons. The first-order chi connectivity index (χ1) is 17.5. The molecular formula is C27H21F4NO5. The molecule has 37 heavy (non-hydrogen) atoms. The predicted octanol–water partition coefficient (Wildman–Crippen LogP) is 6.71. The summed E-state index contributed by atoms with van der Waals surface area (Å²) in [6.07, 6.45) is -4.45. The van der Waals surface area contributed by atoms with E-state index in [4.69, 9.17) is 4.74 Å². The second-order valence-corrected chi connectivity index (χ2v) is 8.41. The number of hydrogen-bond donors (Lipinski definition) is 3. The van der Waals surface area contributed by atoms with Gasteiger partial charge < -0.3 is 19.9 Å². The third kappa shape index (κ3) is 5.13. The fourth-order valence-electron chi connectivity index (χ4n) is 4.31. The van der Waals surface area contributed by atoms with Gasteiger partial charge in [0.1, 0.15) is 5.69 Å². The van der Waals surface area contributed by atoms with Crippen molar-refractivity contribution in [2.45, 2.75) is 25.9 Å². The smallest absolute Gasteiger partial charge is 0.419 e. The zero-order chi connectivity index (χ0) is 26.9. The molecule has 0 amide bonds. The van der Waals surface area contributed by atoms with Crippen molar-refractivity contribution < 1.29 is 42.1 Å². The minimum Gasteiger partial charge on any atom is -0.490 e. The van der Waals surface area contributed by atoms with Crippen LogP contribution in [-0.2, 0) is 12.6 Å². The molecule has 6 nitrogen and oxygen atoms in total. The van der Waals surface area contributed by atoms with Crippen LogP contribution in [0, 0.1) is 12.7 Å². The lowest BCUT2D eigenvalue weighted by Gasteiger charge is -2.12. The van der Waals surface area contributed by atoms with Crippen molar-refractivity contribution in [2.75, 3.05) is 6.61 Å². The highest BCUT2D eigenvalue weighted by atomic mass is 19.4. The van der Waals surface area contributed by atoms with Crippen molar-refractivity contribution in [1.82, 2.24) is 4.98 Å². The number of aromatic amines is 1. The van der Waals surface area contributed by atoms with Crippen molar-refractivity contribution >= 4 is 22.8 Å². The van der Waals surface area contributed by atoms with Gasteiger partial charge in [0.05, 0.1) is 23.3 Å². The standard InChI is InChI=1S/C27H21F4NO5/c1-14-13-15(25(33)34)10-11-16(14)17-5-2-6-18-19(24(26(35)36)32-23(17)18)7-4-12-37-21-9-3-8-20(22(21)28)27(29,30)31/h2-3,5-6,8-11,13,32H,4,7,12H2,1H3,(H,33,34)(H,35,36). The van der Waals surface area contributed by atoms with Gasteiger partial charge in [0.25, 0.3) is 0 Å². The zero-order valence-electron chi connectivity index (χ0n) is 19.4. The molecule has 0 aliphatic rings. The van der Waals surface area contributed by atoms with Gasteiger partial charge in [-0.25, -0.2) is 14.0 Å². The van der Waals surface area contributed by atoms with E-state index in [-0.39, 0.29) is 30.7 Å². The zero-order valence-corrected chi connectivity index (χ0v) is 19.4. The molecule has 1 aromatic heterocycles. The number of fused-ring (bicyclic) bond motifs is 1. The Balaban J connectivity index is 1.61. The SMILES string of the molecule is Cc1cc(C(=O)O)ccc1-c1cccc2c(CCCOc3cccc(C(F)(F)F)c3F)c(C(=O)O)[nH]c12. The third-order valence-electron chi connectivity index (χ3n) is 6.02. The lowest BCUT2D eigenvalue weighted by Crippen LogP contribution is -2.10. The Labute approximate surface area is 208 Å². The Morgan fingerprint density at radius 2 is 1.70 bits per heavy atom. The highest BCUT2D eigenvalue weighted by Gasteiger charge is 2.35. The minimum absolute atomic E-state index is 0.0486. The Hall–Kier alpha value is -4.34. The van der Waals surface area contributed by atoms with Gasteiger partial charge in [-0.2, -0.15) is 13.2 Å². The summed E-state index contributed by atoms with van der Waals surface area (Å²) in [5, 5.41) is 19.6. The number of carboxylic acid groups (broad SMARTS) is 2. The van der Waals surface area contributed by atoms with Crippen molar-refractivity contribution in [3.8, 4) is 16.9 Å². The predicted molar refractivity (Wildman–Crippen MR) is 128 cm³/mol. The fourth-order valence-corrected chi connectivity index (χ4v) is 4.31. The van der Waals surface area contributed by atoms with Crippen LogP contribution in [-0.4, -0.2) is 33.7 Å². The molecule has 3 N–H and O–H groups in total. The number of halogens is 4. The van der Waals surface area contributed by atoms with E-state index in [1.165, 1.54) is 12.1 Å². The summed E-state index contributed by atoms with van der Waals surface area (Å²) in [4.78, 5) is 26.2. The first-order valence-corrected chi connectivity index (χ1v) is 11.2. The lowest BCUT2D eigenvalue weighted by molar-refractivity contribution is -0.140. The lowest BCUT2D eigenvalue weighted by atomic mass is 9.95. The first kappa shape index (κ1) is 25.7. The molecular weight excluding hydrogens is 494 g/mol. The van der Waals surface area contributed by atoms with Gasteiger partial charge in [-0.3, -0.25) is 0 Å². The average molecular weight is 515 g/mol. The van der Waals surface area contributed by atoms with E-state index in [1.54, 1.807) is 31.2 Å². The molecule has 0 aliphatic carbocycles. The van der Waals surface area contributed by atoms with Gasteiger partial charge in [0.15, 0.2) is 11.6 Å². The summed E-state index contributed by atoms with van der Waals surface area (Å²) >= 11 is 0. The molecule has 10 heteroatoms. The van der Waals surface area contributed by atoms with Crippen LogP contribution in [0.5, 0.6) is 5.75 Å². The van der Waals surface area contributed by atoms with Crippen LogP contribution in [0.3, 0.4) is 0 Å². The van der Waals surface area contributed by atoms with Crippen molar-refractivity contribution in [2.24, 2.45) is 0 Å². The van der Waals surface area contributed by atoms with E-state index in [2.05, 4.69) is 4.98 Å². The maximum atomic E-state index is 14.2. The summed E-state index contributed by atoms with van der Waals surface area (Å²) in [5.74, 6) is -4.28. The molecule has 0 radical (unpaired) electrons. The van der Waals surface area contributed by atoms with Crippen molar-refractivity contribution in [3.05, 3.63) is 88.4 Å². The molecule has 0 bridgehead atoms. The molecule has 4 aromatic rings. The number of aryl methyl sites for hydroxylation is 2. The summed E-state index contributed by atoms with van der Waals surface area (Å²) in [6, 6.07) is 12.7. The van der Waals surface area contributed by atoms with Crippen LogP contribution < -0.4 is 4.74 Å². The number of aromatic carboxylic acids is 2. The number of benzene rings is 3. The molecule has 0 spiro atoms. The number of nitrogens with one attached hydrogen (secondary N) is 1. The van der Waals surface area contributed by atoms with Gasteiger partial charge >= 0.3 is 18.1 Å². The number of hydrogen-bond acceptors (Lipinski definition) is 3. The number of rotatable bonds is 8. The fraction of sp³-hybridized carbons (Fsp3) is 0.185. The second-order valence-electron chi connectivity index (χ2n) is 8.41. The Morgan fingerprint density at radius 1 is 0.973 bits per heavy atom. The van der Waals surface area contributed by atoms with Gasteiger partial charge in [0, 0.05) is 10.9 Å². The van der Waals surface area contributed by atoms with Crippen molar-refractivity contribution in [1.29, 1.82) is 0 Å². The highest BCUT2D eigenvalue weighted by Crippen LogP contribution is 2.36. The van der Waals surface area contributed by atoms with Crippen LogP contribution in [0.4, 0.5) is 17.6 Å². The molecule has 1 heterocycles. The monoisotopic (exact) mass is 515 g/mol. The van der Waals surface area contributed by atoms with E-state index in [1.807, 2.05) is 0 Å². The van der Waals surface area contributed by atoms with Crippen LogP contribution >= 0.6 is 0 Å². The molecule has 0 aliphatic heterocycles. The molecule has 0 unspecified atom stereocenters.